The number of sulfonamides is 1. The fourth-order valence-electron chi connectivity index (χ4n) is 2.05. The number of hydrogen-bond donors (Lipinski definition) is 2. The summed E-state index contributed by atoms with van der Waals surface area (Å²) in [6.07, 6.45) is 3.32. The lowest BCUT2D eigenvalue weighted by Crippen LogP contribution is -2.40. The highest BCUT2D eigenvalue weighted by Gasteiger charge is 2.29. The lowest BCUT2D eigenvalue weighted by molar-refractivity contribution is -0.136. The van der Waals surface area contributed by atoms with E-state index >= 15 is 0 Å². The normalized spacial score (nSPS) is 21.3. The van der Waals surface area contributed by atoms with Crippen molar-refractivity contribution in [3.63, 3.8) is 0 Å². The van der Waals surface area contributed by atoms with E-state index < -0.39 is 16.0 Å². The third-order valence-electron chi connectivity index (χ3n) is 3.27. The first-order valence-corrected chi connectivity index (χ1v) is 7.57. The van der Waals surface area contributed by atoms with Crippen LogP contribution in [0.15, 0.2) is 0 Å². The van der Waals surface area contributed by atoms with Crippen LogP contribution in [0.25, 0.3) is 0 Å². The fourth-order valence-corrected chi connectivity index (χ4v) is 3.36. The molecule has 1 saturated carbocycles. The van der Waals surface area contributed by atoms with Gasteiger partial charge in [-0.3, -0.25) is 4.79 Å². The number of aliphatic carboxylic acids is 1. The molecule has 5 nitrogen and oxygen atoms in total. The third-order valence-corrected chi connectivity index (χ3v) is 4.70. The quantitative estimate of drug-likeness (QED) is 0.784. The van der Waals surface area contributed by atoms with Crippen molar-refractivity contribution >= 4 is 16.0 Å². The highest BCUT2D eigenvalue weighted by molar-refractivity contribution is 7.89. The van der Waals surface area contributed by atoms with Crippen LogP contribution in [0.3, 0.4) is 0 Å². The molecule has 0 aromatic rings. The van der Waals surface area contributed by atoms with E-state index in [9.17, 15) is 13.2 Å². The molecule has 0 aromatic heterocycles. The molecule has 100 valence electrons. The van der Waals surface area contributed by atoms with Gasteiger partial charge in [-0.1, -0.05) is 13.8 Å². The average molecular weight is 263 g/mol. The molecule has 1 fully saturated rings. The van der Waals surface area contributed by atoms with Gasteiger partial charge in [-0.2, -0.15) is 0 Å². The monoisotopic (exact) mass is 263 g/mol. The second-order valence-corrected chi connectivity index (χ2v) is 7.39. The van der Waals surface area contributed by atoms with E-state index in [1.54, 1.807) is 0 Å². The predicted octanol–water partition coefficient (Wildman–Crippen LogP) is 1.35. The minimum absolute atomic E-state index is 0.0261. The molecule has 0 aliphatic heterocycles. The van der Waals surface area contributed by atoms with E-state index in [1.165, 1.54) is 0 Å². The molecule has 0 unspecified atom stereocenters. The molecular formula is C11H21NO4S. The average Bonchev–Trinajstić information content (AvgIpc) is 2.19. The molecule has 0 spiro atoms. The van der Waals surface area contributed by atoms with Gasteiger partial charge in [0.1, 0.15) is 0 Å². The number of carboxylic acid groups (broad SMARTS) is 1. The van der Waals surface area contributed by atoms with E-state index in [-0.39, 0.29) is 18.2 Å². The highest BCUT2D eigenvalue weighted by Crippen LogP contribution is 2.35. The zero-order chi connectivity index (χ0) is 13.1. The molecule has 6 heteroatoms. The summed E-state index contributed by atoms with van der Waals surface area (Å²) in [6, 6.07) is -0.0261. The summed E-state index contributed by atoms with van der Waals surface area (Å²) >= 11 is 0. The SMILES string of the molecule is CC1(C)CCC(NS(=O)(=O)CCC(=O)O)CC1. The van der Waals surface area contributed by atoms with Gasteiger partial charge in [-0.05, 0) is 31.1 Å². The minimum Gasteiger partial charge on any atom is -0.481 e. The molecule has 1 aliphatic rings. The summed E-state index contributed by atoms with van der Waals surface area (Å²) < 4.78 is 25.8. The third kappa shape index (κ3) is 5.50. The van der Waals surface area contributed by atoms with Crippen LogP contribution in [0.4, 0.5) is 0 Å². The highest BCUT2D eigenvalue weighted by atomic mass is 32.2. The van der Waals surface area contributed by atoms with Gasteiger partial charge in [0, 0.05) is 6.04 Å². The molecule has 0 heterocycles. The largest absolute Gasteiger partial charge is 0.481 e. The maximum Gasteiger partial charge on any atom is 0.304 e. The molecule has 1 rings (SSSR count). The standard InChI is InChI=1S/C11H21NO4S/c1-11(2)6-3-9(4-7-11)12-17(15,16)8-5-10(13)14/h9,12H,3-8H2,1-2H3,(H,13,14). The van der Waals surface area contributed by atoms with Gasteiger partial charge in [0.15, 0.2) is 0 Å². The van der Waals surface area contributed by atoms with Crippen LogP contribution in [-0.2, 0) is 14.8 Å². The van der Waals surface area contributed by atoms with E-state index in [2.05, 4.69) is 18.6 Å². The maximum absolute atomic E-state index is 11.6. The van der Waals surface area contributed by atoms with Gasteiger partial charge < -0.3 is 5.11 Å². The lowest BCUT2D eigenvalue weighted by Gasteiger charge is -2.34. The van der Waals surface area contributed by atoms with Gasteiger partial charge >= 0.3 is 5.97 Å². The fraction of sp³-hybridized carbons (Fsp3) is 0.909. The Bertz CT molecular complexity index is 365. The summed E-state index contributed by atoms with van der Waals surface area (Å²) in [4.78, 5) is 10.3. The van der Waals surface area contributed by atoms with Crippen molar-refractivity contribution in [2.24, 2.45) is 5.41 Å². The van der Waals surface area contributed by atoms with Crippen molar-refractivity contribution in [1.82, 2.24) is 4.72 Å². The Labute approximate surface area is 103 Å². The first-order valence-electron chi connectivity index (χ1n) is 5.92. The zero-order valence-electron chi connectivity index (χ0n) is 10.4. The van der Waals surface area contributed by atoms with E-state index in [0.29, 0.717) is 5.41 Å². The predicted molar refractivity (Wildman–Crippen MR) is 65.2 cm³/mol. The molecule has 0 bridgehead atoms. The Morgan fingerprint density at radius 1 is 1.35 bits per heavy atom. The summed E-state index contributed by atoms with van der Waals surface area (Å²) in [5, 5.41) is 8.46. The van der Waals surface area contributed by atoms with E-state index in [1.807, 2.05) is 0 Å². The summed E-state index contributed by atoms with van der Waals surface area (Å²) in [6.45, 7) is 4.37. The van der Waals surface area contributed by atoms with Crippen LogP contribution in [-0.4, -0.2) is 31.3 Å². The first kappa shape index (κ1) is 14.4. The number of carboxylic acids is 1. The van der Waals surface area contributed by atoms with Crippen molar-refractivity contribution in [3.05, 3.63) is 0 Å². The van der Waals surface area contributed by atoms with Crippen molar-refractivity contribution in [3.8, 4) is 0 Å². The molecule has 0 amide bonds. The van der Waals surface area contributed by atoms with Gasteiger partial charge in [0.2, 0.25) is 10.0 Å². The Morgan fingerprint density at radius 2 is 1.88 bits per heavy atom. The summed E-state index contributed by atoms with van der Waals surface area (Å²) in [5.41, 5.74) is 0.295. The molecule has 0 atom stereocenters. The molecule has 2 N–H and O–H groups in total. The molecule has 0 aromatic carbocycles. The second-order valence-electron chi connectivity index (χ2n) is 5.52. The molecule has 0 radical (unpaired) electrons. The smallest absolute Gasteiger partial charge is 0.304 e. The van der Waals surface area contributed by atoms with Crippen LogP contribution in [0.2, 0.25) is 0 Å². The van der Waals surface area contributed by atoms with E-state index in [0.717, 1.165) is 25.7 Å². The zero-order valence-corrected chi connectivity index (χ0v) is 11.2. The Balaban J connectivity index is 2.41. The van der Waals surface area contributed by atoms with Gasteiger partial charge in [-0.25, -0.2) is 13.1 Å². The van der Waals surface area contributed by atoms with Crippen LogP contribution in [0.5, 0.6) is 0 Å². The van der Waals surface area contributed by atoms with Crippen molar-refractivity contribution in [2.45, 2.75) is 52.0 Å². The Kier molecular flexibility index (Phi) is 4.55. The number of rotatable bonds is 5. The Hall–Kier alpha value is -0.620. The first-order chi connectivity index (χ1) is 7.70. The van der Waals surface area contributed by atoms with Gasteiger partial charge in [0.05, 0.1) is 12.2 Å². The number of nitrogens with one attached hydrogen (secondary N) is 1. The molecule has 0 saturated heterocycles. The van der Waals surface area contributed by atoms with Crippen LogP contribution >= 0.6 is 0 Å². The summed E-state index contributed by atoms with van der Waals surface area (Å²) in [5.74, 6) is -1.41. The van der Waals surface area contributed by atoms with Crippen molar-refractivity contribution < 1.29 is 18.3 Å². The van der Waals surface area contributed by atoms with Crippen LogP contribution < -0.4 is 4.72 Å². The maximum atomic E-state index is 11.6. The summed E-state index contributed by atoms with van der Waals surface area (Å²) in [7, 11) is -3.44. The minimum atomic E-state index is -3.44. The van der Waals surface area contributed by atoms with Crippen molar-refractivity contribution in [2.75, 3.05) is 5.75 Å². The van der Waals surface area contributed by atoms with Crippen LogP contribution in [0, 0.1) is 5.41 Å². The van der Waals surface area contributed by atoms with Gasteiger partial charge in [0.25, 0.3) is 0 Å². The second kappa shape index (κ2) is 5.35. The topological polar surface area (TPSA) is 83.5 Å². The molecular weight excluding hydrogens is 242 g/mol. The Morgan fingerprint density at radius 3 is 2.35 bits per heavy atom. The lowest BCUT2D eigenvalue weighted by atomic mass is 9.76. The van der Waals surface area contributed by atoms with Crippen LogP contribution in [0.1, 0.15) is 46.0 Å². The van der Waals surface area contributed by atoms with Crippen molar-refractivity contribution in [1.29, 1.82) is 0 Å². The van der Waals surface area contributed by atoms with E-state index in [4.69, 9.17) is 5.11 Å². The van der Waals surface area contributed by atoms with Gasteiger partial charge in [-0.15, -0.1) is 0 Å². The molecule has 17 heavy (non-hydrogen) atoms. The number of hydrogen-bond acceptors (Lipinski definition) is 3. The molecule has 1 aliphatic carbocycles. The number of carbonyl (C=O) groups is 1.